The molecule has 0 amide bonds. The Labute approximate surface area is 143 Å². The summed E-state index contributed by atoms with van der Waals surface area (Å²) in [4.78, 5) is 1.41. The average Bonchev–Trinajstić information content (AvgIpc) is 3.13. The molecule has 1 aliphatic carbocycles. The van der Waals surface area contributed by atoms with Crippen molar-refractivity contribution in [1.82, 2.24) is 10.3 Å². The lowest BCUT2D eigenvalue weighted by Crippen LogP contribution is -3.08. The van der Waals surface area contributed by atoms with E-state index in [2.05, 4.69) is 10.4 Å². The molecular weight excluding hydrogens is 327 g/mol. The summed E-state index contributed by atoms with van der Waals surface area (Å²) < 4.78 is 14.1. The molecule has 3 heterocycles. The Morgan fingerprint density at radius 2 is 2.12 bits per heavy atom. The fourth-order valence-electron chi connectivity index (χ4n) is 3.88. The van der Waals surface area contributed by atoms with Gasteiger partial charge in [-0.1, -0.05) is 12.1 Å². The molecule has 124 valence electrons. The van der Waals surface area contributed by atoms with E-state index in [1.807, 2.05) is 11.8 Å². The number of rotatable bonds is 1. The Kier molecular flexibility index (Phi) is 3.31. The number of nitrogens with one attached hydrogen (secondary N) is 2. The molecule has 0 spiro atoms. The monoisotopic (exact) mass is 344 g/mol. The maximum Gasteiger partial charge on any atom is 0.260 e. The molecule has 24 heavy (non-hydrogen) atoms. The van der Waals surface area contributed by atoms with E-state index in [1.165, 1.54) is 23.0 Å². The predicted octanol–water partition coefficient (Wildman–Crippen LogP) is 1.86. The zero-order valence-corrected chi connectivity index (χ0v) is 13.8. The first-order chi connectivity index (χ1) is 11.7. The van der Waals surface area contributed by atoms with Crippen molar-refractivity contribution in [3.05, 3.63) is 62.7 Å². The summed E-state index contributed by atoms with van der Waals surface area (Å²) in [6.45, 7) is 0.487. The fourth-order valence-corrected chi connectivity index (χ4v) is 5.31. The van der Waals surface area contributed by atoms with Crippen LogP contribution >= 0.6 is 11.8 Å². The van der Waals surface area contributed by atoms with Crippen LogP contribution < -0.4 is 10.4 Å². The number of halogens is 1. The molecule has 0 bridgehead atoms. The highest BCUT2D eigenvalue weighted by atomic mass is 32.2. The van der Waals surface area contributed by atoms with E-state index < -0.39 is 5.82 Å². The maximum absolute atomic E-state index is 14.1. The average molecular weight is 344 g/mol. The molecule has 2 unspecified atom stereocenters. The zero-order valence-electron chi connectivity index (χ0n) is 13.0. The van der Waals surface area contributed by atoms with Gasteiger partial charge in [0.25, 0.3) is 5.84 Å². The van der Waals surface area contributed by atoms with Gasteiger partial charge < -0.3 is 5.21 Å². The molecule has 2 N–H and O–H groups in total. The number of benzene rings is 1. The Morgan fingerprint density at radius 1 is 1.29 bits per heavy atom. The van der Waals surface area contributed by atoms with Crippen LogP contribution in [0.25, 0.3) is 0 Å². The Balaban J connectivity index is 1.62. The Bertz CT molecular complexity index is 819. The van der Waals surface area contributed by atoms with E-state index in [4.69, 9.17) is 0 Å². The molecule has 4 aliphatic rings. The van der Waals surface area contributed by atoms with E-state index >= 15 is 0 Å². The smallest absolute Gasteiger partial charge is 0.260 e. The lowest BCUT2D eigenvalue weighted by molar-refractivity contribution is -0.705. The molecule has 1 aromatic rings. The Morgan fingerprint density at radius 3 is 3.00 bits per heavy atom. The summed E-state index contributed by atoms with van der Waals surface area (Å²) in [5, 5.41) is 22.6. The molecule has 2 atom stereocenters. The summed E-state index contributed by atoms with van der Waals surface area (Å²) in [7, 11) is 0. The predicted molar refractivity (Wildman–Crippen MR) is 91.0 cm³/mol. The van der Waals surface area contributed by atoms with E-state index in [0.717, 1.165) is 24.8 Å². The van der Waals surface area contributed by atoms with Crippen molar-refractivity contribution in [3.8, 4) is 0 Å². The molecule has 0 aromatic heterocycles. The molecule has 3 aliphatic heterocycles. The van der Waals surface area contributed by atoms with Crippen LogP contribution in [0.3, 0.4) is 0 Å². The molecule has 7 heteroatoms. The van der Waals surface area contributed by atoms with Gasteiger partial charge in [0.05, 0.1) is 23.2 Å². The van der Waals surface area contributed by atoms with Gasteiger partial charge in [0.15, 0.2) is 0 Å². The second kappa shape index (κ2) is 5.42. The summed E-state index contributed by atoms with van der Waals surface area (Å²) in [5.74, 6) is 0.460. The number of hydrazone groups is 1. The molecule has 0 fully saturated rings. The highest BCUT2D eigenvalue weighted by molar-refractivity contribution is 8.04. The molecule has 0 saturated heterocycles. The first-order valence-corrected chi connectivity index (χ1v) is 9.14. The number of allylic oxidation sites excluding steroid dienone is 1. The van der Waals surface area contributed by atoms with Crippen LogP contribution in [-0.4, -0.2) is 22.9 Å². The number of hydroxylamine groups is 2. The molecule has 0 saturated carbocycles. The first-order valence-electron chi connectivity index (χ1n) is 8.26. The third-order valence-electron chi connectivity index (χ3n) is 4.98. The van der Waals surface area contributed by atoms with Crippen LogP contribution in [0.15, 0.2) is 51.2 Å². The molecule has 5 nitrogen and oxygen atoms in total. The third kappa shape index (κ3) is 2.02. The van der Waals surface area contributed by atoms with E-state index in [9.17, 15) is 9.60 Å². The van der Waals surface area contributed by atoms with Gasteiger partial charge in [-0.25, -0.2) is 4.39 Å². The van der Waals surface area contributed by atoms with Crippen molar-refractivity contribution in [3.63, 3.8) is 0 Å². The van der Waals surface area contributed by atoms with Crippen LogP contribution in [0.1, 0.15) is 31.2 Å². The first kappa shape index (κ1) is 14.7. The summed E-state index contributed by atoms with van der Waals surface area (Å²) >= 11 is 1.84. The minimum Gasteiger partial charge on any atom is -0.621 e. The quantitative estimate of drug-likeness (QED) is 0.764. The number of thioether (sulfide) groups is 1. The van der Waals surface area contributed by atoms with Crippen molar-refractivity contribution >= 4 is 17.6 Å². The van der Waals surface area contributed by atoms with Crippen molar-refractivity contribution in [2.45, 2.75) is 31.1 Å². The van der Waals surface area contributed by atoms with Gasteiger partial charge in [-0.2, -0.15) is 5.01 Å². The summed E-state index contributed by atoms with van der Waals surface area (Å²) in [5.41, 5.74) is 2.69. The van der Waals surface area contributed by atoms with E-state index in [0.29, 0.717) is 12.5 Å². The lowest BCUT2D eigenvalue weighted by Gasteiger charge is -2.31. The summed E-state index contributed by atoms with van der Waals surface area (Å²) in [6, 6.07) is 6.35. The maximum atomic E-state index is 14.1. The van der Waals surface area contributed by atoms with Crippen molar-refractivity contribution < 1.29 is 9.45 Å². The molecule has 5 rings (SSSR count). The second-order valence-corrected chi connectivity index (χ2v) is 7.59. The van der Waals surface area contributed by atoms with Crippen molar-refractivity contribution in [1.29, 1.82) is 0 Å². The van der Waals surface area contributed by atoms with Gasteiger partial charge in [0.1, 0.15) is 5.82 Å². The van der Waals surface area contributed by atoms with Gasteiger partial charge in [0.2, 0.25) is 5.82 Å². The number of hydrogen-bond acceptors (Lipinski definition) is 5. The van der Waals surface area contributed by atoms with E-state index in [1.54, 1.807) is 23.2 Å². The normalized spacial score (nSPS) is 28.8. The standard InChI is InChI=1S/C17H17FN4OS/c18-12-7-3-1-5-10(12)15-20-21-9-19-16-14(17(21)22(15)23)11-6-2-4-8-13(11)24-16/h1,3,5,7,16,19,22H,2,4,6,8-9H2. The van der Waals surface area contributed by atoms with Crippen LogP contribution in [0.2, 0.25) is 0 Å². The molecule has 1 aromatic carbocycles. The zero-order chi connectivity index (χ0) is 16.3. The lowest BCUT2D eigenvalue weighted by atomic mass is 9.92. The van der Waals surface area contributed by atoms with Gasteiger partial charge in [-0.3, -0.25) is 10.4 Å². The molecular formula is C17H17FN4OS. The highest BCUT2D eigenvalue weighted by Crippen LogP contribution is 2.49. The third-order valence-corrected chi connectivity index (χ3v) is 6.36. The SMILES string of the molecule is [O-][NH+]1C(c2ccccc2F)=NN2CNC3SC4=C(CCCC4)C3=C21. The minimum atomic E-state index is -0.405. The van der Waals surface area contributed by atoms with Gasteiger partial charge in [-0.05, 0) is 48.3 Å². The largest absolute Gasteiger partial charge is 0.621 e. The second-order valence-electron chi connectivity index (χ2n) is 6.39. The van der Waals surface area contributed by atoms with E-state index in [-0.39, 0.29) is 21.8 Å². The number of amidine groups is 1. The summed E-state index contributed by atoms with van der Waals surface area (Å²) in [6.07, 6.45) is 4.51. The van der Waals surface area contributed by atoms with Crippen molar-refractivity contribution in [2.75, 3.05) is 6.67 Å². The minimum absolute atomic E-state index is 0.137. The number of nitrogens with zero attached hydrogens (tertiary/aromatic N) is 2. The Hall–Kier alpha value is -1.67. The number of hydrogen-bond donors (Lipinski definition) is 2. The van der Waals surface area contributed by atoms with Gasteiger partial charge in [0, 0.05) is 0 Å². The highest BCUT2D eigenvalue weighted by Gasteiger charge is 2.45. The molecule has 0 radical (unpaired) electrons. The van der Waals surface area contributed by atoms with Crippen LogP contribution in [-0.2, 0) is 0 Å². The van der Waals surface area contributed by atoms with Gasteiger partial charge >= 0.3 is 0 Å². The topological polar surface area (TPSA) is 55.1 Å². The van der Waals surface area contributed by atoms with Crippen LogP contribution in [0.4, 0.5) is 4.39 Å². The number of fused-ring (bicyclic) bond motifs is 3. The fraction of sp³-hybridized carbons (Fsp3) is 0.353. The van der Waals surface area contributed by atoms with Gasteiger partial charge in [-0.15, -0.1) is 16.9 Å². The van der Waals surface area contributed by atoms with Crippen LogP contribution in [0, 0.1) is 11.0 Å². The number of quaternary nitrogens is 1. The van der Waals surface area contributed by atoms with Crippen LogP contribution in [0.5, 0.6) is 0 Å². The van der Waals surface area contributed by atoms with Crippen molar-refractivity contribution in [2.24, 2.45) is 5.10 Å².